The number of para-hydroxylation sites is 1. The summed E-state index contributed by atoms with van der Waals surface area (Å²) in [6.07, 6.45) is 3.32. The predicted molar refractivity (Wildman–Crippen MR) is 90.9 cm³/mol. The number of benzene rings is 1. The van der Waals surface area contributed by atoms with Crippen molar-refractivity contribution in [2.45, 2.75) is 32.2 Å². The van der Waals surface area contributed by atoms with Gasteiger partial charge in [0.2, 0.25) is 0 Å². The summed E-state index contributed by atoms with van der Waals surface area (Å²) in [7, 11) is 0. The number of likely N-dealkylation sites (tertiary alicyclic amines) is 1. The summed E-state index contributed by atoms with van der Waals surface area (Å²) >= 11 is 0. The van der Waals surface area contributed by atoms with Gasteiger partial charge in [-0.3, -0.25) is 0 Å². The van der Waals surface area contributed by atoms with E-state index in [4.69, 9.17) is 4.74 Å². The highest BCUT2D eigenvalue weighted by Crippen LogP contribution is 2.19. The first-order valence-electron chi connectivity index (χ1n) is 8.69. The highest BCUT2D eigenvalue weighted by atomic mass is 16.5. The average molecular weight is 317 g/mol. The summed E-state index contributed by atoms with van der Waals surface area (Å²) in [5, 5.41) is 2.91. The molecule has 1 aromatic carbocycles. The molecule has 0 bridgehead atoms. The SMILES string of the molecule is Cc1ccccc1OCCCN1CCC[C@@H](N2CCNC2=O)C1. The first-order valence-corrected chi connectivity index (χ1v) is 8.69. The Morgan fingerprint density at radius 3 is 2.96 bits per heavy atom. The van der Waals surface area contributed by atoms with E-state index < -0.39 is 0 Å². The summed E-state index contributed by atoms with van der Waals surface area (Å²) < 4.78 is 5.87. The third kappa shape index (κ3) is 4.16. The minimum Gasteiger partial charge on any atom is -0.493 e. The average Bonchev–Trinajstić information content (AvgIpc) is 2.99. The molecule has 0 radical (unpaired) electrons. The Kier molecular flexibility index (Phi) is 5.39. The van der Waals surface area contributed by atoms with E-state index in [1.807, 2.05) is 23.1 Å². The number of piperidine rings is 1. The molecule has 1 atom stereocenters. The topological polar surface area (TPSA) is 44.8 Å². The second-order valence-electron chi connectivity index (χ2n) is 6.49. The van der Waals surface area contributed by atoms with E-state index in [-0.39, 0.29) is 6.03 Å². The van der Waals surface area contributed by atoms with Gasteiger partial charge in [-0.2, -0.15) is 0 Å². The van der Waals surface area contributed by atoms with Crippen LogP contribution in [0.15, 0.2) is 24.3 Å². The Morgan fingerprint density at radius 1 is 1.30 bits per heavy atom. The van der Waals surface area contributed by atoms with Gasteiger partial charge in [0.25, 0.3) is 0 Å². The van der Waals surface area contributed by atoms with Crippen molar-refractivity contribution < 1.29 is 9.53 Å². The maximum Gasteiger partial charge on any atom is 0.317 e. The van der Waals surface area contributed by atoms with Gasteiger partial charge in [0, 0.05) is 32.2 Å². The normalized spacial score (nSPS) is 22.2. The Bertz CT molecular complexity index is 535. The number of hydrogen-bond donors (Lipinski definition) is 1. The highest BCUT2D eigenvalue weighted by molar-refractivity contribution is 5.76. The lowest BCUT2D eigenvalue weighted by molar-refractivity contribution is 0.121. The molecule has 0 saturated carbocycles. The van der Waals surface area contributed by atoms with Gasteiger partial charge in [0.05, 0.1) is 6.61 Å². The van der Waals surface area contributed by atoms with Crippen LogP contribution in [0.5, 0.6) is 5.75 Å². The minimum absolute atomic E-state index is 0.111. The molecule has 1 N–H and O–H groups in total. The van der Waals surface area contributed by atoms with Gasteiger partial charge in [-0.1, -0.05) is 18.2 Å². The van der Waals surface area contributed by atoms with Crippen LogP contribution in [-0.2, 0) is 0 Å². The minimum atomic E-state index is 0.111. The molecular formula is C18H27N3O2. The first-order chi connectivity index (χ1) is 11.2. The van der Waals surface area contributed by atoms with Crippen LogP contribution in [-0.4, -0.2) is 61.2 Å². The maximum atomic E-state index is 11.8. The van der Waals surface area contributed by atoms with Gasteiger partial charge in [-0.25, -0.2) is 4.79 Å². The maximum absolute atomic E-state index is 11.8. The molecule has 2 fully saturated rings. The Hall–Kier alpha value is -1.75. The molecule has 2 aliphatic rings. The number of carbonyl (C=O) groups is 1. The molecule has 5 nitrogen and oxygen atoms in total. The lowest BCUT2D eigenvalue weighted by Crippen LogP contribution is -2.49. The van der Waals surface area contributed by atoms with Crippen molar-refractivity contribution in [3.63, 3.8) is 0 Å². The lowest BCUT2D eigenvalue weighted by atomic mass is 10.0. The summed E-state index contributed by atoms with van der Waals surface area (Å²) in [5.41, 5.74) is 1.19. The van der Waals surface area contributed by atoms with E-state index in [1.165, 1.54) is 12.0 Å². The van der Waals surface area contributed by atoms with Crippen LogP contribution in [0.3, 0.4) is 0 Å². The summed E-state index contributed by atoms with van der Waals surface area (Å²) in [6.45, 7) is 7.64. The fourth-order valence-electron chi connectivity index (χ4n) is 3.51. The number of urea groups is 1. The number of ether oxygens (including phenoxy) is 1. The van der Waals surface area contributed by atoms with E-state index in [1.54, 1.807) is 0 Å². The lowest BCUT2D eigenvalue weighted by Gasteiger charge is -2.37. The van der Waals surface area contributed by atoms with Crippen molar-refractivity contribution in [3.8, 4) is 5.75 Å². The highest BCUT2D eigenvalue weighted by Gasteiger charge is 2.30. The molecule has 3 rings (SSSR count). The molecule has 2 heterocycles. The molecule has 5 heteroatoms. The molecule has 2 saturated heterocycles. The molecule has 2 aliphatic heterocycles. The molecule has 1 aromatic rings. The van der Waals surface area contributed by atoms with E-state index in [9.17, 15) is 4.79 Å². The van der Waals surface area contributed by atoms with Crippen molar-refractivity contribution in [1.82, 2.24) is 15.1 Å². The molecule has 0 spiro atoms. The standard InChI is InChI=1S/C18H27N3O2/c1-15-6-2-3-8-17(15)23-13-5-11-20-10-4-7-16(14-20)21-12-9-19-18(21)22/h2-3,6,8,16H,4-5,7,9-14H2,1H3,(H,19,22)/t16-/m1/s1. The number of carbonyl (C=O) groups excluding carboxylic acids is 1. The smallest absolute Gasteiger partial charge is 0.317 e. The quantitative estimate of drug-likeness (QED) is 0.819. The number of hydrogen-bond acceptors (Lipinski definition) is 3. The van der Waals surface area contributed by atoms with Crippen LogP contribution in [0.25, 0.3) is 0 Å². The number of amides is 2. The monoisotopic (exact) mass is 317 g/mol. The van der Waals surface area contributed by atoms with Gasteiger partial charge in [-0.15, -0.1) is 0 Å². The van der Waals surface area contributed by atoms with Crippen LogP contribution in [0, 0.1) is 6.92 Å². The largest absolute Gasteiger partial charge is 0.493 e. The molecule has 23 heavy (non-hydrogen) atoms. The second kappa shape index (κ2) is 7.68. The van der Waals surface area contributed by atoms with E-state index in [2.05, 4.69) is 23.2 Å². The van der Waals surface area contributed by atoms with Crippen LogP contribution < -0.4 is 10.1 Å². The molecule has 2 amide bonds. The fourth-order valence-corrected chi connectivity index (χ4v) is 3.51. The fraction of sp³-hybridized carbons (Fsp3) is 0.611. The Balaban J connectivity index is 1.40. The summed E-state index contributed by atoms with van der Waals surface area (Å²) in [4.78, 5) is 16.3. The van der Waals surface area contributed by atoms with Crippen LogP contribution >= 0.6 is 0 Å². The Morgan fingerprint density at radius 2 is 2.17 bits per heavy atom. The third-order valence-corrected chi connectivity index (χ3v) is 4.78. The van der Waals surface area contributed by atoms with Gasteiger partial charge in [0.15, 0.2) is 0 Å². The molecular weight excluding hydrogens is 290 g/mol. The van der Waals surface area contributed by atoms with Crippen molar-refractivity contribution >= 4 is 6.03 Å². The summed E-state index contributed by atoms with van der Waals surface area (Å²) in [5.74, 6) is 0.984. The molecule has 0 aromatic heterocycles. The van der Waals surface area contributed by atoms with Crippen molar-refractivity contribution in [2.75, 3.05) is 39.3 Å². The van der Waals surface area contributed by atoms with Gasteiger partial charge in [0.1, 0.15) is 5.75 Å². The van der Waals surface area contributed by atoms with E-state index in [0.29, 0.717) is 6.04 Å². The number of nitrogens with one attached hydrogen (secondary N) is 1. The molecule has 0 unspecified atom stereocenters. The zero-order valence-corrected chi connectivity index (χ0v) is 14.0. The zero-order valence-electron chi connectivity index (χ0n) is 14.0. The van der Waals surface area contributed by atoms with E-state index >= 15 is 0 Å². The molecule has 126 valence electrons. The third-order valence-electron chi connectivity index (χ3n) is 4.78. The van der Waals surface area contributed by atoms with Crippen LogP contribution in [0.2, 0.25) is 0 Å². The van der Waals surface area contributed by atoms with Gasteiger partial charge >= 0.3 is 6.03 Å². The van der Waals surface area contributed by atoms with Gasteiger partial charge < -0.3 is 19.9 Å². The Labute approximate surface area is 138 Å². The predicted octanol–water partition coefficient (Wildman–Crippen LogP) is 2.25. The van der Waals surface area contributed by atoms with Crippen LogP contribution in [0.4, 0.5) is 4.79 Å². The van der Waals surface area contributed by atoms with Crippen molar-refractivity contribution in [1.29, 1.82) is 0 Å². The second-order valence-corrected chi connectivity index (χ2v) is 6.49. The molecule has 0 aliphatic carbocycles. The number of aryl methyl sites for hydroxylation is 1. The number of nitrogens with zero attached hydrogens (tertiary/aromatic N) is 2. The van der Waals surface area contributed by atoms with E-state index in [0.717, 1.165) is 57.9 Å². The summed E-state index contributed by atoms with van der Waals surface area (Å²) in [6, 6.07) is 8.64. The van der Waals surface area contributed by atoms with Crippen LogP contribution in [0.1, 0.15) is 24.8 Å². The first kappa shape index (κ1) is 16.1. The van der Waals surface area contributed by atoms with Crippen molar-refractivity contribution in [3.05, 3.63) is 29.8 Å². The van der Waals surface area contributed by atoms with Crippen molar-refractivity contribution in [2.24, 2.45) is 0 Å². The van der Waals surface area contributed by atoms with Gasteiger partial charge in [-0.05, 0) is 44.4 Å². The zero-order chi connectivity index (χ0) is 16.1. The number of rotatable bonds is 6.